The molecule has 0 saturated carbocycles. The second-order valence-corrected chi connectivity index (χ2v) is 7.10. The summed E-state index contributed by atoms with van der Waals surface area (Å²) in [7, 11) is 3.29. The fraction of sp³-hybridized carbons (Fsp3) is 0.381. The molecule has 0 aliphatic rings. The largest absolute Gasteiger partial charge is 0.493 e. The van der Waals surface area contributed by atoms with Crippen LogP contribution in [0.4, 0.5) is 5.82 Å². The number of anilines is 1. The van der Waals surface area contributed by atoms with Crippen LogP contribution in [0.25, 0.3) is 16.9 Å². The Balaban J connectivity index is 2.24. The minimum absolute atomic E-state index is 0.0520. The molecule has 26 heavy (non-hydrogen) atoms. The Kier molecular flexibility index (Phi) is 4.81. The maximum atomic E-state index is 5.48. The van der Waals surface area contributed by atoms with Crippen molar-refractivity contribution in [2.45, 2.75) is 39.7 Å². The van der Waals surface area contributed by atoms with E-state index >= 15 is 0 Å². The van der Waals surface area contributed by atoms with Crippen molar-refractivity contribution in [2.75, 3.05) is 19.5 Å². The minimum atomic E-state index is -0.0520. The number of imidazole rings is 1. The molecule has 0 fully saturated rings. The van der Waals surface area contributed by atoms with Crippen molar-refractivity contribution >= 4 is 11.5 Å². The van der Waals surface area contributed by atoms with Gasteiger partial charge in [-0.15, -0.1) is 0 Å². The van der Waals surface area contributed by atoms with E-state index in [1.807, 2.05) is 30.3 Å². The van der Waals surface area contributed by atoms with Gasteiger partial charge in [-0.25, -0.2) is 4.98 Å². The highest BCUT2D eigenvalue weighted by Crippen LogP contribution is 2.37. The highest BCUT2D eigenvalue weighted by Gasteiger charge is 2.22. The summed E-state index contributed by atoms with van der Waals surface area (Å²) in [4.78, 5) is 4.90. The van der Waals surface area contributed by atoms with Crippen LogP contribution in [0.5, 0.6) is 11.5 Å². The quantitative estimate of drug-likeness (QED) is 0.683. The van der Waals surface area contributed by atoms with Gasteiger partial charge in [0, 0.05) is 16.8 Å². The Morgan fingerprint density at radius 1 is 1.08 bits per heavy atom. The lowest BCUT2D eigenvalue weighted by molar-refractivity contribution is 0.355. The summed E-state index contributed by atoms with van der Waals surface area (Å²) < 4.78 is 13.0. The fourth-order valence-electron chi connectivity index (χ4n) is 2.96. The molecule has 3 aromatic rings. The summed E-state index contributed by atoms with van der Waals surface area (Å²) >= 11 is 0. The van der Waals surface area contributed by atoms with E-state index < -0.39 is 0 Å². The molecule has 5 nitrogen and oxygen atoms in total. The van der Waals surface area contributed by atoms with E-state index in [1.54, 1.807) is 14.2 Å². The SMILES string of the molecule is CCC(C)(C)Nc1c(-c2ccc(OC)c(OC)c2)nc2cccc(C)n12. The van der Waals surface area contributed by atoms with Crippen LogP contribution in [-0.2, 0) is 0 Å². The number of aryl methyl sites for hydroxylation is 1. The summed E-state index contributed by atoms with van der Waals surface area (Å²) in [5.74, 6) is 2.40. The van der Waals surface area contributed by atoms with Gasteiger partial charge in [0.25, 0.3) is 0 Å². The van der Waals surface area contributed by atoms with Crippen molar-refractivity contribution in [2.24, 2.45) is 0 Å². The first-order chi connectivity index (χ1) is 12.4. The van der Waals surface area contributed by atoms with Gasteiger partial charge in [-0.2, -0.15) is 0 Å². The molecule has 0 spiro atoms. The number of ether oxygens (including phenoxy) is 2. The predicted octanol–water partition coefficient (Wildman–Crippen LogP) is 4.93. The lowest BCUT2D eigenvalue weighted by Crippen LogP contribution is -2.30. The molecule has 0 unspecified atom stereocenters. The van der Waals surface area contributed by atoms with Crippen molar-refractivity contribution in [1.29, 1.82) is 0 Å². The molecule has 0 aliphatic carbocycles. The number of methoxy groups -OCH3 is 2. The van der Waals surface area contributed by atoms with Gasteiger partial charge in [0.2, 0.25) is 0 Å². The number of rotatable bonds is 6. The van der Waals surface area contributed by atoms with Gasteiger partial charge in [-0.3, -0.25) is 4.40 Å². The first kappa shape index (κ1) is 18.1. The normalized spacial score (nSPS) is 11.6. The second kappa shape index (κ2) is 6.90. The number of pyridine rings is 1. The molecule has 1 aromatic carbocycles. The van der Waals surface area contributed by atoms with Crippen LogP contribution in [-0.4, -0.2) is 29.1 Å². The second-order valence-electron chi connectivity index (χ2n) is 7.10. The van der Waals surface area contributed by atoms with Gasteiger partial charge in [-0.05, 0) is 57.5 Å². The fourth-order valence-corrected chi connectivity index (χ4v) is 2.96. The lowest BCUT2D eigenvalue weighted by atomic mass is 10.0. The first-order valence-corrected chi connectivity index (χ1v) is 8.89. The van der Waals surface area contributed by atoms with E-state index in [0.717, 1.165) is 34.8 Å². The molecule has 0 atom stereocenters. The van der Waals surface area contributed by atoms with Gasteiger partial charge in [-0.1, -0.05) is 13.0 Å². The van der Waals surface area contributed by atoms with Gasteiger partial charge in [0.05, 0.1) is 14.2 Å². The Morgan fingerprint density at radius 2 is 1.81 bits per heavy atom. The van der Waals surface area contributed by atoms with E-state index in [1.165, 1.54) is 0 Å². The molecule has 2 aromatic heterocycles. The van der Waals surface area contributed by atoms with Crippen molar-refractivity contribution < 1.29 is 9.47 Å². The standard InChI is InChI=1S/C21H27N3O2/c1-7-21(3,4)23-20-19(22-18-10-8-9-14(2)24(18)20)15-11-12-16(25-5)17(13-15)26-6/h8-13,23H,7H2,1-6H3. The van der Waals surface area contributed by atoms with E-state index in [9.17, 15) is 0 Å². The monoisotopic (exact) mass is 353 g/mol. The number of nitrogens with zero attached hydrogens (tertiary/aromatic N) is 2. The smallest absolute Gasteiger partial charge is 0.161 e. The van der Waals surface area contributed by atoms with Crippen LogP contribution in [0.2, 0.25) is 0 Å². The molecule has 3 rings (SSSR count). The number of hydrogen-bond acceptors (Lipinski definition) is 4. The van der Waals surface area contributed by atoms with E-state index in [2.05, 4.69) is 43.5 Å². The molecular weight excluding hydrogens is 326 g/mol. The Labute approximate surface area is 155 Å². The Bertz CT molecular complexity index is 928. The van der Waals surface area contributed by atoms with Crippen LogP contribution in [0.3, 0.4) is 0 Å². The molecule has 0 amide bonds. The molecular formula is C21H27N3O2. The zero-order chi connectivity index (χ0) is 18.9. The number of fused-ring (bicyclic) bond motifs is 1. The molecule has 1 N–H and O–H groups in total. The molecule has 5 heteroatoms. The Hall–Kier alpha value is -2.69. The number of benzene rings is 1. The van der Waals surface area contributed by atoms with Crippen molar-refractivity contribution in [1.82, 2.24) is 9.38 Å². The van der Waals surface area contributed by atoms with Gasteiger partial charge in [0.1, 0.15) is 17.2 Å². The molecule has 138 valence electrons. The number of nitrogens with one attached hydrogen (secondary N) is 1. The molecule has 2 heterocycles. The zero-order valence-electron chi connectivity index (χ0n) is 16.4. The number of aromatic nitrogens is 2. The zero-order valence-corrected chi connectivity index (χ0v) is 16.4. The van der Waals surface area contributed by atoms with Crippen LogP contribution in [0.15, 0.2) is 36.4 Å². The average molecular weight is 353 g/mol. The Morgan fingerprint density at radius 3 is 2.46 bits per heavy atom. The molecule has 0 bridgehead atoms. The average Bonchev–Trinajstić information content (AvgIpc) is 3.00. The van der Waals surface area contributed by atoms with Crippen molar-refractivity contribution in [3.8, 4) is 22.8 Å². The summed E-state index contributed by atoms with van der Waals surface area (Å²) in [6, 6.07) is 12.1. The minimum Gasteiger partial charge on any atom is -0.493 e. The molecule has 0 radical (unpaired) electrons. The third-order valence-corrected chi connectivity index (χ3v) is 4.84. The lowest BCUT2D eigenvalue weighted by Gasteiger charge is -2.26. The number of hydrogen-bond donors (Lipinski definition) is 1. The summed E-state index contributed by atoms with van der Waals surface area (Å²) in [5.41, 5.74) is 3.89. The van der Waals surface area contributed by atoms with E-state index in [-0.39, 0.29) is 5.54 Å². The van der Waals surface area contributed by atoms with Gasteiger partial charge in [0.15, 0.2) is 11.5 Å². The van der Waals surface area contributed by atoms with Crippen LogP contribution in [0, 0.1) is 6.92 Å². The van der Waals surface area contributed by atoms with Crippen LogP contribution >= 0.6 is 0 Å². The summed E-state index contributed by atoms with van der Waals surface area (Å²) in [6.07, 6.45) is 0.998. The molecule has 0 aliphatic heterocycles. The first-order valence-electron chi connectivity index (χ1n) is 8.89. The van der Waals surface area contributed by atoms with E-state index in [4.69, 9.17) is 14.5 Å². The van der Waals surface area contributed by atoms with E-state index in [0.29, 0.717) is 11.5 Å². The molecule has 0 saturated heterocycles. The highest BCUT2D eigenvalue weighted by molar-refractivity contribution is 5.78. The van der Waals surface area contributed by atoms with Crippen molar-refractivity contribution in [3.05, 3.63) is 42.1 Å². The third-order valence-electron chi connectivity index (χ3n) is 4.84. The summed E-state index contributed by atoms with van der Waals surface area (Å²) in [5, 5.41) is 3.69. The maximum absolute atomic E-state index is 5.48. The van der Waals surface area contributed by atoms with Crippen LogP contribution in [0.1, 0.15) is 32.9 Å². The van der Waals surface area contributed by atoms with Gasteiger partial charge >= 0.3 is 0 Å². The van der Waals surface area contributed by atoms with Gasteiger partial charge < -0.3 is 14.8 Å². The topological polar surface area (TPSA) is 47.8 Å². The van der Waals surface area contributed by atoms with Crippen molar-refractivity contribution in [3.63, 3.8) is 0 Å². The highest BCUT2D eigenvalue weighted by atomic mass is 16.5. The maximum Gasteiger partial charge on any atom is 0.161 e. The summed E-state index contributed by atoms with van der Waals surface area (Å²) in [6.45, 7) is 8.67. The van der Waals surface area contributed by atoms with Crippen LogP contribution < -0.4 is 14.8 Å². The predicted molar refractivity (Wildman–Crippen MR) is 106 cm³/mol. The third kappa shape index (κ3) is 3.21.